The molecule has 1 aliphatic heterocycles. The number of hydrogen-bond donors (Lipinski definition) is 2. The maximum atomic E-state index is 10.7. The van der Waals surface area contributed by atoms with Crippen LogP contribution in [0.2, 0.25) is 13.1 Å². The van der Waals surface area contributed by atoms with Gasteiger partial charge in [0.2, 0.25) is 0 Å². The fourth-order valence-corrected chi connectivity index (χ4v) is 5.19. The van der Waals surface area contributed by atoms with Gasteiger partial charge in [0, 0.05) is 4.90 Å². The van der Waals surface area contributed by atoms with Gasteiger partial charge in [0.25, 0.3) is 0 Å². The minimum Gasteiger partial charge on any atom is -0.414 e. The number of aliphatic hydroxyl groups is 2. The third-order valence-electron chi connectivity index (χ3n) is 4.12. The molecule has 2 N–H and O–H groups in total. The van der Waals surface area contributed by atoms with Gasteiger partial charge in [0.15, 0.2) is 9.04 Å². The van der Waals surface area contributed by atoms with Crippen LogP contribution >= 0.6 is 11.8 Å². The molecule has 24 heavy (non-hydrogen) atoms. The van der Waals surface area contributed by atoms with Crippen LogP contribution in [-0.2, 0) is 9.16 Å². The third-order valence-corrected chi connectivity index (χ3v) is 6.22. The van der Waals surface area contributed by atoms with E-state index in [0.29, 0.717) is 6.61 Å². The molecule has 136 valence electrons. The quantitative estimate of drug-likeness (QED) is 0.781. The topological polar surface area (TPSA) is 58.9 Å². The number of thioether (sulfide) groups is 1. The Labute approximate surface area is 151 Å². The van der Waals surface area contributed by atoms with Gasteiger partial charge in [-0.25, -0.2) is 0 Å². The van der Waals surface area contributed by atoms with E-state index in [1.807, 2.05) is 30.3 Å². The zero-order valence-electron chi connectivity index (χ0n) is 15.2. The highest BCUT2D eigenvalue weighted by atomic mass is 32.2. The second-order valence-electron chi connectivity index (χ2n) is 7.72. The Hall–Kier alpha value is -0.373. The molecule has 0 spiro atoms. The lowest BCUT2D eigenvalue weighted by Gasteiger charge is -2.45. The first-order chi connectivity index (χ1) is 11.2. The van der Waals surface area contributed by atoms with Crippen molar-refractivity contribution < 1.29 is 19.4 Å². The van der Waals surface area contributed by atoms with Crippen molar-refractivity contribution in [3.8, 4) is 0 Å². The molecule has 1 heterocycles. The lowest BCUT2D eigenvalue weighted by atomic mass is 9.82. The fraction of sp³-hybridized carbons (Fsp3) is 0.667. The summed E-state index contributed by atoms with van der Waals surface area (Å²) in [6, 6.07) is 9.90. The molecule has 1 saturated heterocycles. The molecule has 5 unspecified atom stereocenters. The van der Waals surface area contributed by atoms with Gasteiger partial charge in [-0.05, 0) is 30.6 Å². The van der Waals surface area contributed by atoms with Gasteiger partial charge in [-0.3, -0.25) is 0 Å². The van der Waals surface area contributed by atoms with Crippen molar-refractivity contribution in [2.45, 2.75) is 68.4 Å². The second-order valence-corrected chi connectivity index (χ2v) is 11.4. The highest BCUT2D eigenvalue weighted by molar-refractivity contribution is 8.00. The van der Waals surface area contributed by atoms with E-state index in [1.165, 1.54) is 0 Å². The van der Waals surface area contributed by atoms with Crippen LogP contribution in [0.1, 0.15) is 20.8 Å². The highest BCUT2D eigenvalue weighted by Crippen LogP contribution is 2.36. The molecule has 1 fully saturated rings. The number of benzene rings is 1. The summed E-state index contributed by atoms with van der Waals surface area (Å²) in [5.74, 6) is 0. The second kappa shape index (κ2) is 8.34. The van der Waals surface area contributed by atoms with Crippen LogP contribution in [0.5, 0.6) is 0 Å². The summed E-state index contributed by atoms with van der Waals surface area (Å²) >= 11 is 1.54. The molecule has 1 aliphatic rings. The van der Waals surface area contributed by atoms with Crippen molar-refractivity contribution in [1.82, 2.24) is 0 Å². The van der Waals surface area contributed by atoms with Gasteiger partial charge < -0.3 is 19.4 Å². The number of ether oxygens (including phenoxy) is 1. The molecule has 0 radical (unpaired) electrons. The van der Waals surface area contributed by atoms with E-state index in [2.05, 4.69) is 33.9 Å². The summed E-state index contributed by atoms with van der Waals surface area (Å²) in [4.78, 5) is 1.06. The van der Waals surface area contributed by atoms with Crippen molar-refractivity contribution in [1.29, 1.82) is 0 Å². The molecule has 0 aromatic heterocycles. The molecule has 4 nitrogen and oxygen atoms in total. The zero-order chi connectivity index (χ0) is 17.9. The lowest BCUT2D eigenvalue weighted by Crippen LogP contribution is -2.59. The minimum atomic E-state index is -1.30. The zero-order valence-corrected chi connectivity index (χ0v) is 17.1. The van der Waals surface area contributed by atoms with Crippen molar-refractivity contribution >= 4 is 20.8 Å². The van der Waals surface area contributed by atoms with Gasteiger partial charge in [-0.1, -0.05) is 39.0 Å². The van der Waals surface area contributed by atoms with Gasteiger partial charge in [0.05, 0.1) is 24.1 Å². The first-order valence-electron chi connectivity index (χ1n) is 8.55. The predicted molar refractivity (Wildman–Crippen MR) is 101 cm³/mol. The summed E-state index contributed by atoms with van der Waals surface area (Å²) in [6.07, 6.45) is -2.51. The smallest absolute Gasteiger partial charge is 0.171 e. The summed E-state index contributed by atoms with van der Waals surface area (Å²) in [5, 5.41) is 21.1. The van der Waals surface area contributed by atoms with Gasteiger partial charge in [0.1, 0.15) is 12.2 Å². The van der Waals surface area contributed by atoms with Crippen LogP contribution < -0.4 is 0 Å². The first-order valence-corrected chi connectivity index (χ1v) is 12.2. The van der Waals surface area contributed by atoms with E-state index >= 15 is 0 Å². The lowest BCUT2D eigenvalue weighted by molar-refractivity contribution is -0.179. The molecule has 0 aliphatic carbocycles. The van der Waals surface area contributed by atoms with Crippen molar-refractivity contribution in [3.05, 3.63) is 30.3 Å². The minimum absolute atomic E-state index is 0.165. The van der Waals surface area contributed by atoms with Gasteiger partial charge in [-0.15, -0.1) is 11.8 Å². The molecule has 6 heteroatoms. The van der Waals surface area contributed by atoms with Gasteiger partial charge >= 0.3 is 0 Å². The molecule has 0 amide bonds. The molecular weight excluding hydrogens is 340 g/mol. The maximum Gasteiger partial charge on any atom is 0.171 e. The number of hydrogen-bond acceptors (Lipinski definition) is 5. The Morgan fingerprint density at radius 2 is 1.79 bits per heavy atom. The summed E-state index contributed by atoms with van der Waals surface area (Å²) < 4.78 is 12.2. The predicted octanol–water partition coefficient (Wildman–Crippen LogP) is 2.68. The Morgan fingerprint density at radius 3 is 2.33 bits per heavy atom. The Bertz CT molecular complexity index is 505. The Balaban J connectivity index is 2.08. The third kappa shape index (κ3) is 5.06. The van der Waals surface area contributed by atoms with E-state index in [-0.39, 0.29) is 16.8 Å². The fourth-order valence-electron chi connectivity index (χ4n) is 2.93. The molecule has 2 rings (SSSR count). The van der Waals surface area contributed by atoms with Crippen LogP contribution in [0, 0.1) is 5.41 Å². The average molecular weight is 371 g/mol. The summed E-state index contributed by atoms with van der Waals surface area (Å²) in [6.45, 7) is 10.9. The standard InChI is InChI=1S/C18H30O4SSi/c1-18(2,3)17(22-24(4)5)16-15(20)14(19)13(11-21-16)23-12-9-7-6-8-10-12/h6-10,13-17,19-20,24H,11H2,1-5H3. The van der Waals surface area contributed by atoms with E-state index in [9.17, 15) is 10.2 Å². The molecular formula is C18H30O4SSi. The molecule has 1 aromatic rings. The van der Waals surface area contributed by atoms with Crippen molar-refractivity contribution in [2.75, 3.05) is 6.61 Å². The molecule has 1 aromatic carbocycles. The Kier molecular flexibility index (Phi) is 6.93. The van der Waals surface area contributed by atoms with E-state index in [4.69, 9.17) is 9.16 Å². The van der Waals surface area contributed by atoms with Crippen LogP contribution in [0.25, 0.3) is 0 Å². The summed E-state index contributed by atoms with van der Waals surface area (Å²) in [7, 11) is -1.30. The van der Waals surface area contributed by atoms with Crippen LogP contribution in [0.4, 0.5) is 0 Å². The normalized spacial score (nSPS) is 29.7. The monoisotopic (exact) mass is 370 g/mol. The van der Waals surface area contributed by atoms with Gasteiger partial charge in [-0.2, -0.15) is 0 Å². The number of aliphatic hydroxyl groups excluding tert-OH is 2. The van der Waals surface area contributed by atoms with Crippen molar-refractivity contribution in [2.24, 2.45) is 5.41 Å². The average Bonchev–Trinajstić information content (AvgIpc) is 2.50. The SMILES string of the molecule is C[SiH](C)OC(C1OCC(Sc2ccccc2)C(O)C1O)C(C)(C)C. The molecule has 5 atom stereocenters. The highest BCUT2D eigenvalue weighted by Gasteiger charge is 2.46. The van der Waals surface area contributed by atoms with E-state index in [0.717, 1.165) is 4.90 Å². The first kappa shape index (κ1) is 19.9. The Morgan fingerprint density at radius 1 is 1.17 bits per heavy atom. The molecule has 0 saturated carbocycles. The van der Waals surface area contributed by atoms with E-state index in [1.54, 1.807) is 11.8 Å². The van der Waals surface area contributed by atoms with Crippen LogP contribution in [0.15, 0.2) is 35.2 Å². The molecule has 0 bridgehead atoms. The summed E-state index contributed by atoms with van der Waals surface area (Å²) in [5.41, 5.74) is -0.165. The van der Waals surface area contributed by atoms with Crippen LogP contribution in [-0.4, -0.2) is 55.5 Å². The van der Waals surface area contributed by atoms with Crippen molar-refractivity contribution in [3.63, 3.8) is 0 Å². The number of rotatable bonds is 5. The maximum absolute atomic E-state index is 10.7. The van der Waals surface area contributed by atoms with E-state index < -0.39 is 27.4 Å². The van der Waals surface area contributed by atoms with Crippen LogP contribution in [0.3, 0.4) is 0 Å². The largest absolute Gasteiger partial charge is 0.414 e.